The number of carbonyl (C=O) groups excluding carboxylic acids is 1. The smallest absolute Gasteiger partial charge is 0.243 e. The molecule has 2 aromatic carbocycles. The summed E-state index contributed by atoms with van der Waals surface area (Å²) in [7, 11) is 0. The van der Waals surface area contributed by atoms with Crippen molar-refractivity contribution in [3.8, 4) is 5.75 Å². The average molecular weight is 434 g/mol. The van der Waals surface area contributed by atoms with Crippen LogP contribution in [-0.2, 0) is 17.8 Å². The Balaban J connectivity index is 1.58. The number of fused-ring (bicyclic) bond motifs is 1. The third-order valence-electron chi connectivity index (χ3n) is 5.54. The summed E-state index contributed by atoms with van der Waals surface area (Å²) in [6, 6.07) is 16.6. The van der Waals surface area contributed by atoms with Crippen LogP contribution in [0.5, 0.6) is 5.75 Å². The summed E-state index contributed by atoms with van der Waals surface area (Å²) >= 11 is 0. The van der Waals surface area contributed by atoms with E-state index in [0.29, 0.717) is 19.1 Å². The van der Waals surface area contributed by atoms with Crippen LogP contribution in [0.2, 0.25) is 0 Å². The fourth-order valence-corrected chi connectivity index (χ4v) is 3.91. The number of nitrogens with zero attached hydrogens (tertiary/aromatic N) is 2. The van der Waals surface area contributed by atoms with Crippen molar-refractivity contribution < 1.29 is 9.53 Å². The number of aromatic nitrogens is 2. The highest BCUT2D eigenvalue weighted by Gasteiger charge is 2.11. The molecule has 0 aliphatic carbocycles. The van der Waals surface area contributed by atoms with E-state index in [1.807, 2.05) is 19.1 Å². The Kier molecular flexibility index (Phi) is 8.90. The zero-order valence-electron chi connectivity index (χ0n) is 19.5. The van der Waals surface area contributed by atoms with Crippen LogP contribution in [-0.4, -0.2) is 28.6 Å². The van der Waals surface area contributed by atoms with Gasteiger partial charge in [-0.2, -0.15) is 0 Å². The van der Waals surface area contributed by atoms with Crippen molar-refractivity contribution in [2.45, 2.75) is 58.9 Å². The maximum Gasteiger partial charge on any atom is 0.243 e. The van der Waals surface area contributed by atoms with Gasteiger partial charge in [0.05, 0.1) is 17.6 Å². The van der Waals surface area contributed by atoms with Gasteiger partial charge in [0.2, 0.25) is 5.91 Å². The van der Waals surface area contributed by atoms with Crippen LogP contribution in [0, 0.1) is 0 Å². The van der Waals surface area contributed by atoms with E-state index < -0.39 is 0 Å². The number of aryl methyl sites for hydroxylation is 1. The standard InChI is InChI=1S/C27H35N3O2/c1-4-12-27(31)28-18-11-5-6-17-26-29-23-14-8-9-15-24(23)30(26)19-20-32-25-16-10-7-13-22(25)21(2)3/h4,7-10,12-16,21H,5-6,11,17-20H2,1-3H3,(H,28,31)/b12-4+. The molecular formula is C27H35N3O2. The zero-order chi connectivity index (χ0) is 22.8. The number of ether oxygens (including phenoxy) is 1. The van der Waals surface area contributed by atoms with Gasteiger partial charge in [-0.3, -0.25) is 4.79 Å². The van der Waals surface area contributed by atoms with Crippen molar-refractivity contribution in [1.82, 2.24) is 14.9 Å². The van der Waals surface area contributed by atoms with Crippen LogP contribution in [0.1, 0.15) is 57.3 Å². The van der Waals surface area contributed by atoms with E-state index in [1.54, 1.807) is 12.2 Å². The molecule has 170 valence electrons. The summed E-state index contributed by atoms with van der Waals surface area (Å²) in [6.45, 7) is 8.31. The molecule has 5 nitrogen and oxygen atoms in total. The number of carbonyl (C=O) groups is 1. The van der Waals surface area contributed by atoms with Crippen molar-refractivity contribution in [3.05, 3.63) is 72.1 Å². The van der Waals surface area contributed by atoms with E-state index in [9.17, 15) is 4.79 Å². The molecular weight excluding hydrogens is 398 g/mol. The molecule has 32 heavy (non-hydrogen) atoms. The molecule has 1 aromatic heterocycles. The first-order chi connectivity index (χ1) is 15.6. The highest BCUT2D eigenvalue weighted by atomic mass is 16.5. The molecule has 0 bridgehead atoms. The van der Waals surface area contributed by atoms with Gasteiger partial charge in [-0.15, -0.1) is 0 Å². The lowest BCUT2D eigenvalue weighted by Crippen LogP contribution is -2.22. The zero-order valence-corrected chi connectivity index (χ0v) is 19.5. The number of hydrogen-bond acceptors (Lipinski definition) is 3. The van der Waals surface area contributed by atoms with Gasteiger partial charge in [0, 0.05) is 13.0 Å². The maximum atomic E-state index is 11.5. The van der Waals surface area contributed by atoms with Crippen molar-refractivity contribution >= 4 is 16.9 Å². The van der Waals surface area contributed by atoms with Crippen LogP contribution in [0.3, 0.4) is 0 Å². The first-order valence-corrected chi connectivity index (χ1v) is 11.7. The summed E-state index contributed by atoms with van der Waals surface area (Å²) in [6.07, 6.45) is 7.30. The van der Waals surface area contributed by atoms with E-state index >= 15 is 0 Å². The van der Waals surface area contributed by atoms with Crippen LogP contribution in [0.15, 0.2) is 60.7 Å². The highest BCUT2D eigenvalue weighted by molar-refractivity contribution is 5.87. The third kappa shape index (κ3) is 6.46. The van der Waals surface area contributed by atoms with Gasteiger partial charge in [-0.05, 0) is 55.5 Å². The molecule has 0 aliphatic heterocycles. The van der Waals surface area contributed by atoms with E-state index in [2.05, 4.69) is 60.1 Å². The minimum absolute atomic E-state index is 0.0201. The molecule has 1 N–H and O–H groups in total. The molecule has 5 heteroatoms. The number of amides is 1. The molecule has 0 saturated carbocycles. The second-order valence-corrected chi connectivity index (χ2v) is 8.31. The first kappa shape index (κ1) is 23.6. The molecule has 0 saturated heterocycles. The van der Waals surface area contributed by atoms with E-state index in [4.69, 9.17) is 9.72 Å². The van der Waals surface area contributed by atoms with Gasteiger partial charge in [0.15, 0.2) is 0 Å². The highest BCUT2D eigenvalue weighted by Crippen LogP contribution is 2.26. The molecule has 1 heterocycles. The lowest BCUT2D eigenvalue weighted by Gasteiger charge is -2.15. The van der Waals surface area contributed by atoms with Crippen LogP contribution in [0.25, 0.3) is 11.0 Å². The van der Waals surface area contributed by atoms with Crippen molar-refractivity contribution in [2.75, 3.05) is 13.2 Å². The minimum atomic E-state index is -0.0201. The fraction of sp³-hybridized carbons (Fsp3) is 0.407. The summed E-state index contributed by atoms with van der Waals surface area (Å²) < 4.78 is 8.47. The molecule has 1 amide bonds. The quantitative estimate of drug-likeness (QED) is 0.297. The second-order valence-electron chi connectivity index (χ2n) is 8.31. The molecule has 0 unspecified atom stereocenters. The van der Waals surface area contributed by atoms with Gasteiger partial charge in [0.25, 0.3) is 0 Å². The number of unbranched alkanes of at least 4 members (excludes halogenated alkanes) is 2. The van der Waals surface area contributed by atoms with E-state index in [-0.39, 0.29) is 5.91 Å². The Bertz CT molecular complexity index is 1040. The molecule has 0 aliphatic rings. The number of nitrogens with one attached hydrogen (secondary N) is 1. The molecule has 3 rings (SSSR count). The lowest BCUT2D eigenvalue weighted by molar-refractivity contribution is -0.116. The topological polar surface area (TPSA) is 56.2 Å². The van der Waals surface area contributed by atoms with E-state index in [1.165, 1.54) is 5.56 Å². The van der Waals surface area contributed by atoms with Gasteiger partial charge in [0.1, 0.15) is 18.2 Å². The van der Waals surface area contributed by atoms with E-state index in [0.717, 1.165) is 54.8 Å². The van der Waals surface area contributed by atoms with Gasteiger partial charge in [-0.1, -0.05) is 56.7 Å². The number of imidazole rings is 1. The predicted molar refractivity (Wildman–Crippen MR) is 131 cm³/mol. The SMILES string of the molecule is C/C=C/C(=O)NCCCCCc1nc2ccccc2n1CCOc1ccccc1C(C)C. The van der Waals surface area contributed by atoms with Crippen molar-refractivity contribution in [2.24, 2.45) is 0 Å². The Morgan fingerprint density at radius 3 is 2.69 bits per heavy atom. The molecule has 3 aromatic rings. The summed E-state index contributed by atoms with van der Waals surface area (Å²) in [5, 5.41) is 2.91. The summed E-state index contributed by atoms with van der Waals surface area (Å²) in [4.78, 5) is 16.4. The molecule has 0 radical (unpaired) electrons. The Morgan fingerprint density at radius 1 is 1.09 bits per heavy atom. The predicted octanol–water partition coefficient (Wildman–Crippen LogP) is 5.64. The maximum absolute atomic E-state index is 11.5. The van der Waals surface area contributed by atoms with Crippen molar-refractivity contribution in [3.63, 3.8) is 0 Å². The summed E-state index contributed by atoms with van der Waals surface area (Å²) in [5.41, 5.74) is 3.43. The monoisotopic (exact) mass is 433 g/mol. The van der Waals surface area contributed by atoms with Gasteiger partial charge in [-0.25, -0.2) is 4.98 Å². The first-order valence-electron chi connectivity index (χ1n) is 11.7. The number of para-hydroxylation sites is 3. The number of allylic oxidation sites excluding steroid dienone is 1. The van der Waals surface area contributed by atoms with Crippen LogP contribution in [0.4, 0.5) is 0 Å². The number of hydrogen-bond donors (Lipinski definition) is 1. The second kappa shape index (κ2) is 12.1. The number of rotatable bonds is 12. The minimum Gasteiger partial charge on any atom is -0.491 e. The third-order valence-corrected chi connectivity index (χ3v) is 5.54. The molecule has 0 spiro atoms. The normalized spacial score (nSPS) is 11.5. The fourth-order valence-electron chi connectivity index (χ4n) is 3.91. The molecule has 0 atom stereocenters. The van der Waals surface area contributed by atoms with Gasteiger partial charge >= 0.3 is 0 Å². The Hall–Kier alpha value is -3.08. The average Bonchev–Trinajstić information content (AvgIpc) is 3.14. The Labute approximate surface area is 191 Å². The van der Waals surface area contributed by atoms with Gasteiger partial charge < -0.3 is 14.6 Å². The van der Waals surface area contributed by atoms with Crippen molar-refractivity contribution in [1.29, 1.82) is 0 Å². The largest absolute Gasteiger partial charge is 0.491 e. The van der Waals surface area contributed by atoms with Crippen LogP contribution >= 0.6 is 0 Å². The number of benzene rings is 2. The molecule has 0 fully saturated rings. The summed E-state index contributed by atoms with van der Waals surface area (Å²) in [5.74, 6) is 2.48. The Morgan fingerprint density at radius 2 is 1.88 bits per heavy atom. The van der Waals surface area contributed by atoms with Crippen LogP contribution < -0.4 is 10.1 Å². The lowest BCUT2D eigenvalue weighted by atomic mass is 10.0.